The van der Waals surface area contributed by atoms with E-state index in [1.54, 1.807) is 10.6 Å². The third-order valence-electron chi connectivity index (χ3n) is 5.55. The van der Waals surface area contributed by atoms with E-state index in [1.165, 1.54) is 24.3 Å². The van der Waals surface area contributed by atoms with Crippen molar-refractivity contribution in [1.82, 2.24) is 14.5 Å². The molecule has 0 fully saturated rings. The summed E-state index contributed by atoms with van der Waals surface area (Å²) in [5, 5.41) is 0.447. The molecule has 0 aliphatic heterocycles. The van der Waals surface area contributed by atoms with E-state index in [-0.39, 0.29) is 27.2 Å². The molecule has 0 saturated carbocycles. The number of hydrogen-bond donors (Lipinski definition) is 1. The number of benzene rings is 3. The zero-order chi connectivity index (χ0) is 22.5. The van der Waals surface area contributed by atoms with E-state index in [4.69, 9.17) is 22.3 Å². The van der Waals surface area contributed by atoms with Crippen molar-refractivity contribution in [2.75, 3.05) is 5.73 Å². The molecule has 2 heterocycles. The Morgan fingerprint density at radius 3 is 2.12 bits per heavy atom. The Morgan fingerprint density at radius 2 is 1.47 bits per heavy atom. The molecule has 160 valence electrons. The molecule has 2 N–H and O–H groups in total. The molecule has 6 nitrogen and oxygen atoms in total. The fourth-order valence-corrected chi connectivity index (χ4v) is 5.55. The molecule has 32 heavy (non-hydrogen) atoms. The van der Waals surface area contributed by atoms with Gasteiger partial charge in [0.05, 0.1) is 22.0 Å². The van der Waals surface area contributed by atoms with Gasteiger partial charge in [-0.25, -0.2) is 18.4 Å². The molecule has 8 heteroatoms. The third kappa shape index (κ3) is 3.21. The third-order valence-corrected chi connectivity index (χ3v) is 7.63. The molecule has 0 aliphatic rings. The van der Waals surface area contributed by atoms with Gasteiger partial charge in [0, 0.05) is 5.02 Å². The van der Waals surface area contributed by atoms with E-state index in [0.717, 1.165) is 5.56 Å². The van der Waals surface area contributed by atoms with Crippen LogP contribution in [0.3, 0.4) is 0 Å². The summed E-state index contributed by atoms with van der Waals surface area (Å²) in [6, 6.07) is 22.8. The highest BCUT2D eigenvalue weighted by Gasteiger charge is 2.31. The molecule has 2 aromatic heterocycles. The van der Waals surface area contributed by atoms with Crippen LogP contribution in [0, 0.1) is 0 Å². The van der Waals surface area contributed by atoms with Crippen molar-refractivity contribution in [3.63, 3.8) is 0 Å². The first-order valence-electron chi connectivity index (χ1n) is 9.99. The number of hydrogen-bond acceptors (Lipinski definition) is 5. The zero-order valence-corrected chi connectivity index (χ0v) is 18.7. The summed E-state index contributed by atoms with van der Waals surface area (Å²) >= 11 is 5.97. The largest absolute Gasteiger partial charge is 0.384 e. The molecule has 0 amide bonds. The number of sulfone groups is 1. The Morgan fingerprint density at radius 1 is 0.875 bits per heavy atom. The van der Waals surface area contributed by atoms with Crippen LogP contribution in [0.15, 0.2) is 88.7 Å². The predicted molar refractivity (Wildman–Crippen MR) is 127 cm³/mol. The molecular weight excluding hydrogens is 444 g/mol. The summed E-state index contributed by atoms with van der Waals surface area (Å²) in [4.78, 5) is 9.48. The standard InChI is InChI=1S/C24H19ClN4O2S/c1-15(16-7-3-2-4-8-16)29-23(26)22(32(30,31)18-13-11-17(25)12-14-18)21-24(29)28-20-10-6-5-9-19(20)27-21/h2-15H,26H2,1H3/t15-/m0/s1. The molecule has 1 atom stereocenters. The van der Waals surface area contributed by atoms with Gasteiger partial charge in [-0.1, -0.05) is 54.1 Å². The van der Waals surface area contributed by atoms with Gasteiger partial charge in [-0.3, -0.25) is 0 Å². The lowest BCUT2D eigenvalue weighted by Gasteiger charge is -2.17. The average molecular weight is 463 g/mol. The first-order chi connectivity index (χ1) is 15.4. The highest BCUT2D eigenvalue weighted by Crippen LogP contribution is 2.38. The van der Waals surface area contributed by atoms with E-state index >= 15 is 0 Å². The number of aromatic nitrogens is 3. The Balaban J connectivity index is 1.86. The maximum Gasteiger partial charge on any atom is 0.212 e. The average Bonchev–Trinajstić information content (AvgIpc) is 3.09. The summed E-state index contributed by atoms with van der Waals surface area (Å²) in [5.41, 5.74) is 9.45. The second-order valence-electron chi connectivity index (χ2n) is 7.51. The SMILES string of the molecule is C[C@@H](c1ccccc1)n1c(N)c(S(=O)(=O)c2ccc(Cl)cc2)c2nc3ccccc3nc21. The summed E-state index contributed by atoms with van der Waals surface area (Å²) in [5.74, 6) is 0.0987. The number of rotatable bonds is 4. The summed E-state index contributed by atoms with van der Waals surface area (Å²) < 4.78 is 29.1. The highest BCUT2D eigenvalue weighted by atomic mass is 35.5. The smallest absolute Gasteiger partial charge is 0.212 e. The lowest BCUT2D eigenvalue weighted by Crippen LogP contribution is -2.12. The summed E-state index contributed by atoms with van der Waals surface area (Å²) in [6.07, 6.45) is 0. The Hall–Kier alpha value is -3.42. The monoisotopic (exact) mass is 462 g/mol. The zero-order valence-electron chi connectivity index (χ0n) is 17.1. The van der Waals surface area contributed by atoms with Crippen molar-refractivity contribution in [2.24, 2.45) is 0 Å². The molecular formula is C24H19ClN4O2S. The maximum atomic E-state index is 13.7. The van der Waals surface area contributed by atoms with Crippen LogP contribution in [-0.4, -0.2) is 23.0 Å². The molecule has 5 aromatic rings. The number of nitrogens with zero attached hydrogens (tertiary/aromatic N) is 3. The molecule has 0 radical (unpaired) electrons. The normalized spacial score (nSPS) is 12.9. The lowest BCUT2D eigenvalue weighted by atomic mass is 10.1. The van der Waals surface area contributed by atoms with Gasteiger partial charge < -0.3 is 10.3 Å². The number of halogens is 1. The van der Waals surface area contributed by atoms with Crippen LogP contribution < -0.4 is 5.73 Å². The van der Waals surface area contributed by atoms with E-state index in [2.05, 4.69) is 4.98 Å². The predicted octanol–water partition coefficient (Wildman–Crippen LogP) is 5.26. The molecule has 0 saturated heterocycles. The van der Waals surface area contributed by atoms with Gasteiger partial charge in [-0.2, -0.15) is 0 Å². The molecule has 0 aliphatic carbocycles. The van der Waals surface area contributed by atoms with Gasteiger partial charge in [0.1, 0.15) is 16.2 Å². The van der Waals surface area contributed by atoms with Crippen molar-refractivity contribution in [3.8, 4) is 0 Å². The fourth-order valence-electron chi connectivity index (χ4n) is 3.93. The number of para-hydroxylation sites is 2. The first kappa shape index (κ1) is 20.5. The minimum absolute atomic E-state index is 0.0455. The summed E-state index contributed by atoms with van der Waals surface area (Å²) in [6.45, 7) is 1.96. The van der Waals surface area contributed by atoms with Crippen molar-refractivity contribution in [2.45, 2.75) is 22.8 Å². The van der Waals surface area contributed by atoms with Crippen LogP contribution in [0.25, 0.3) is 22.2 Å². The van der Waals surface area contributed by atoms with Crippen LogP contribution in [0.2, 0.25) is 5.02 Å². The van der Waals surface area contributed by atoms with Gasteiger partial charge >= 0.3 is 0 Å². The van der Waals surface area contributed by atoms with Gasteiger partial charge in [0.25, 0.3) is 0 Å². The Kier molecular flexibility index (Phi) is 4.87. The quantitative estimate of drug-likeness (QED) is 0.393. The van der Waals surface area contributed by atoms with Crippen molar-refractivity contribution >= 4 is 49.5 Å². The molecule has 0 unspecified atom stereocenters. The van der Waals surface area contributed by atoms with Crippen LogP contribution >= 0.6 is 11.6 Å². The van der Waals surface area contributed by atoms with Crippen molar-refractivity contribution < 1.29 is 8.42 Å². The number of nitrogen functional groups attached to an aromatic ring is 1. The topological polar surface area (TPSA) is 90.9 Å². The van der Waals surface area contributed by atoms with Crippen LogP contribution in [0.1, 0.15) is 18.5 Å². The van der Waals surface area contributed by atoms with Crippen LogP contribution in [-0.2, 0) is 9.84 Å². The number of nitrogens with two attached hydrogens (primary N) is 1. The van der Waals surface area contributed by atoms with Gasteiger partial charge in [-0.15, -0.1) is 0 Å². The van der Waals surface area contributed by atoms with Crippen LogP contribution in [0.5, 0.6) is 0 Å². The minimum Gasteiger partial charge on any atom is -0.384 e. The lowest BCUT2D eigenvalue weighted by molar-refractivity contribution is 0.596. The van der Waals surface area contributed by atoms with Gasteiger partial charge in [-0.05, 0) is 48.9 Å². The molecule has 0 spiro atoms. The molecule has 5 rings (SSSR count). The molecule has 0 bridgehead atoms. The Bertz CT molecular complexity index is 1560. The fraction of sp³-hybridized carbons (Fsp3) is 0.0833. The van der Waals surface area contributed by atoms with Crippen molar-refractivity contribution in [3.05, 3.63) is 89.4 Å². The van der Waals surface area contributed by atoms with Gasteiger partial charge in [0.15, 0.2) is 5.65 Å². The van der Waals surface area contributed by atoms with E-state index < -0.39 is 9.84 Å². The van der Waals surface area contributed by atoms with Gasteiger partial charge in [0.2, 0.25) is 9.84 Å². The highest BCUT2D eigenvalue weighted by molar-refractivity contribution is 7.92. The van der Waals surface area contributed by atoms with E-state index in [9.17, 15) is 8.42 Å². The van der Waals surface area contributed by atoms with E-state index in [1.807, 2.05) is 55.5 Å². The van der Waals surface area contributed by atoms with Crippen molar-refractivity contribution in [1.29, 1.82) is 0 Å². The Labute approximate surface area is 190 Å². The number of fused-ring (bicyclic) bond motifs is 2. The molecule has 3 aromatic carbocycles. The van der Waals surface area contributed by atoms with E-state index in [0.29, 0.717) is 21.7 Å². The maximum absolute atomic E-state index is 13.7. The first-order valence-corrected chi connectivity index (χ1v) is 11.9. The van der Waals surface area contributed by atoms with Crippen LogP contribution in [0.4, 0.5) is 5.82 Å². The number of anilines is 1. The second-order valence-corrected chi connectivity index (χ2v) is 9.84. The summed E-state index contributed by atoms with van der Waals surface area (Å²) in [7, 11) is -3.98. The minimum atomic E-state index is -3.98. The second kappa shape index (κ2) is 7.62.